The normalized spacial score (nSPS) is 15.9. The van der Waals surface area contributed by atoms with Gasteiger partial charge in [0.15, 0.2) is 5.82 Å². The summed E-state index contributed by atoms with van der Waals surface area (Å²) in [6.07, 6.45) is 4.42. The van der Waals surface area contributed by atoms with Crippen molar-refractivity contribution in [2.24, 2.45) is 10.7 Å². The zero-order valence-electron chi connectivity index (χ0n) is 8.14. The van der Waals surface area contributed by atoms with Gasteiger partial charge in [0.05, 0.1) is 24.5 Å². The van der Waals surface area contributed by atoms with Crippen molar-refractivity contribution >= 4 is 33.9 Å². The van der Waals surface area contributed by atoms with E-state index < -0.39 is 0 Å². The first-order valence-corrected chi connectivity index (χ1v) is 5.24. The monoisotopic (exact) mass is 281 g/mol. The van der Waals surface area contributed by atoms with Crippen LogP contribution in [0.4, 0.5) is 5.82 Å². The summed E-state index contributed by atoms with van der Waals surface area (Å²) in [5.41, 5.74) is 6.48. The Balaban J connectivity index is 2.18. The van der Waals surface area contributed by atoms with Gasteiger partial charge in [0.1, 0.15) is 4.60 Å². The van der Waals surface area contributed by atoms with E-state index in [2.05, 4.69) is 36.2 Å². The third kappa shape index (κ3) is 2.25. The molecule has 16 heavy (non-hydrogen) atoms. The molecule has 1 amide bonds. The van der Waals surface area contributed by atoms with Gasteiger partial charge >= 0.3 is 0 Å². The zero-order valence-corrected chi connectivity index (χ0v) is 9.73. The summed E-state index contributed by atoms with van der Waals surface area (Å²) in [5.74, 6) is 0.203. The quantitative estimate of drug-likeness (QED) is 0.762. The predicted octanol–water partition coefficient (Wildman–Crippen LogP) is 0.284. The second-order valence-corrected chi connectivity index (χ2v) is 3.89. The molecule has 1 aliphatic heterocycles. The van der Waals surface area contributed by atoms with Crippen LogP contribution in [0.5, 0.6) is 0 Å². The van der Waals surface area contributed by atoms with Crippen LogP contribution in [0.1, 0.15) is 0 Å². The fourth-order valence-corrected chi connectivity index (χ4v) is 1.36. The van der Waals surface area contributed by atoms with Gasteiger partial charge in [-0.2, -0.15) is 0 Å². The Morgan fingerprint density at radius 1 is 1.50 bits per heavy atom. The number of aliphatic imine (C=N–C) groups is 1. The molecule has 0 saturated carbocycles. The molecule has 2 rings (SSSR count). The van der Waals surface area contributed by atoms with Gasteiger partial charge in [-0.1, -0.05) is 0 Å². The molecule has 0 aromatic carbocycles. The van der Waals surface area contributed by atoms with Gasteiger partial charge in [-0.3, -0.25) is 4.79 Å². The minimum Gasteiger partial charge on any atom is -0.400 e. The van der Waals surface area contributed by atoms with Crippen molar-refractivity contribution in [2.45, 2.75) is 0 Å². The third-order valence-corrected chi connectivity index (χ3v) is 2.37. The Kier molecular flexibility index (Phi) is 2.95. The van der Waals surface area contributed by atoms with E-state index in [1.54, 1.807) is 0 Å². The SMILES string of the molecule is NC1=C(C=Nc2cnc(Br)cn2)C(=O)NC1. The van der Waals surface area contributed by atoms with E-state index in [-0.39, 0.29) is 5.91 Å². The molecule has 1 aromatic heterocycles. The van der Waals surface area contributed by atoms with E-state index in [9.17, 15) is 4.79 Å². The Morgan fingerprint density at radius 3 is 2.88 bits per heavy atom. The maximum Gasteiger partial charge on any atom is 0.254 e. The molecule has 2 heterocycles. The lowest BCUT2D eigenvalue weighted by Gasteiger charge is -1.93. The number of nitrogens with zero attached hydrogens (tertiary/aromatic N) is 3. The lowest BCUT2D eigenvalue weighted by molar-refractivity contribution is -0.116. The molecule has 0 bridgehead atoms. The second kappa shape index (κ2) is 4.40. The van der Waals surface area contributed by atoms with Crippen LogP contribution in [0.2, 0.25) is 0 Å². The highest BCUT2D eigenvalue weighted by Crippen LogP contribution is 2.10. The van der Waals surface area contributed by atoms with Crippen LogP contribution in [0.15, 0.2) is 33.3 Å². The summed E-state index contributed by atoms with van der Waals surface area (Å²) in [5, 5.41) is 2.59. The van der Waals surface area contributed by atoms with Crippen LogP contribution in [0.25, 0.3) is 0 Å². The molecule has 0 radical (unpaired) electrons. The number of nitrogens with one attached hydrogen (secondary N) is 1. The van der Waals surface area contributed by atoms with Crippen LogP contribution in [-0.2, 0) is 4.79 Å². The predicted molar refractivity (Wildman–Crippen MR) is 62.1 cm³/mol. The summed E-state index contributed by atoms with van der Waals surface area (Å²) in [6, 6.07) is 0. The Hall–Kier alpha value is -1.76. The number of carbonyl (C=O) groups is 1. The van der Waals surface area contributed by atoms with Crippen molar-refractivity contribution in [1.82, 2.24) is 15.3 Å². The van der Waals surface area contributed by atoms with Gasteiger partial charge in [-0.25, -0.2) is 15.0 Å². The van der Waals surface area contributed by atoms with E-state index in [0.717, 1.165) is 0 Å². The molecule has 82 valence electrons. The standard InChI is InChI=1S/C9H8BrN5O/c10-7-3-14-8(4-12-7)13-1-5-6(11)2-15-9(5)16/h1,3-4H,2,11H2,(H,15,16). The minimum atomic E-state index is -0.216. The summed E-state index contributed by atoms with van der Waals surface area (Å²) >= 11 is 3.16. The number of carbonyl (C=O) groups excluding carboxylic acids is 1. The molecule has 6 nitrogen and oxygen atoms in total. The zero-order chi connectivity index (χ0) is 11.5. The van der Waals surface area contributed by atoms with Crippen LogP contribution < -0.4 is 11.1 Å². The first-order valence-electron chi connectivity index (χ1n) is 4.45. The van der Waals surface area contributed by atoms with E-state index in [1.165, 1.54) is 18.6 Å². The molecule has 0 atom stereocenters. The number of aromatic nitrogens is 2. The summed E-state index contributed by atoms with van der Waals surface area (Å²) in [4.78, 5) is 23.2. The number of hydrogen-bond acceptors (Lipinski definition) is 5. The highest BCUT2D eigenvalue weighted by atomic mass is 79.9. The van der Waals surface area contributed by atoms with Crippen molar-refractivity contribution in [1.29, 1.82) is 0 Å². The van der Waals surface area contributed by atoms with Crippen LogP contribution >= 0.6 is 15.9 Å². The molecule has 7 heteroatoms. The van der Waals surface area contributed by atoms with Crippen molar-refractivity contribution in [3.05, 3.63) is 28.3 Å². The number of hydrogen-bond donors (Lipinski definition) is 2. The molecule has 0 spiro atoms. The molecule has 0 fully saturated rings. The average molecular weight is 282 g/mol. The molecule has 3 N–H and O–H groups in total. The lowest BCUT2D eigenvalue weighted by Crippen LogP contribution is -2.18. The molecule has 0 saturated heterocycles. The minimum absolute atomic E-state index is 0.216. The van der Waals surface area contributed by atoms with Crippen LogP contribution in [0, 0.1) is 0 Å². The third-order valence-electron chi connectivity index (χ3n) is 1.96. The molecule has 1 aromatic rings. The molecular weight excluding hydrogens is 274 g/mol. The molecular formula is C9H8BrN5O. The van der Waals surface area contributed by atoms with Crippen molar-refractivity contribution < 1.29 is 4.79 Å². The lowest BCUT2D eigenvalue weighted by atomic mass is 10.2. The maximum absolute atomic E-state index is 11.3. The van der Waals surface area contributed by atoms with Gasteiger partial charge in [-0.05, 0) is 15.9 Å². The Labute approximate surface area is 99.8 Å². The first-order chi connectivity index (χ1) is 7.66. The van der Waals surface area contributed by atoms with Crippen LogP contribution in [-0.4, -0.2) is 28.6 Å². The number of halogens is 1. The van der Waals surface area contributed by atoms with E-state index in [4.69, 9.17) is 5.73 Å². The average Bonchev–Trinajstić information content (AvgIpc) is 2.59. The number of rotatable bonds is 2. The van der Waals surface area contributed by atoms with Gasteiger partial charge in [0.25, 0.3) is 5.91 Å². The smallest absolute Gasteiger partial charge is 0.254 e. The van der Waals surface area contributed by atoms with Crippen molar-refractivity contribution in [3.8, 4) is 0 Å². The number of amides is 1. The molecule has 1 aliphatic rings. The maximum atomic E-state index is 11.3. The highest BCUT2D eigenvalue weighted by Gasteiger charge is 2.18. The van der Waals surface area contributed by atoms with E-state index >= 15 is 0 Å². The fraction of sp³-hybridized carbons (Fsp3) is 0.111. The van der Waals surface area contributed by atoms with Crippen LogP contribution in [0.3, 0.4) is 0 Å². The largest absolute Gasteiger partial charge is 0.400 e. The molecule has 0 unspecified atom stereocenters. The summed E-state index contributed by atoms with van der Waals surface area (Å²) in [7, 11) is 0. The van der Waals surface area contributed by atoms with Gasteiger partial charge in [0.2, 0.25) is 0 Å². The second-order valence-electron chi connectivity index (χ2n) is 3.08. The van der Waals surface area contributed by atoms with Crippen molar-refractivity contribution in [2.75, 3.05) is 6.54 Å². The topological polar surface area (TPSA) is 93.3 Å². The van der Waals surface area contributed by atoms with Gasteiger partial charge in [0, 0.05) is 11.9 Å². The summed E-state index contributed by atoms with van der Waals surface area (Å²) < 4.78 is 0.629. The van der Waals surface area contributed by atoms with Gasteiger partial charge < -0.3 is 11.1 Å². The Morgan fingerprint density at radius 2 is 2.31 bits per heavy atom. The van der Waals surface area contributed by atoms with Crippen molar-refractivity contribution in [3.63, 3.8) is 0 Å². The van der Waals surface area contributed by atoms with E-state index in [1.807, 2.05) is 0 Å². The molecule has 0 aliphatic carbocycles. The first kappa shape index (κ1) is 10.7. The number of nitrogens with two attached hydrogens (primary N) is 1. The fourth-order valence-electron chi connectivity index (χ4n) is 1.16. The summed E-state index contributed by atoms with van der Waals surface area (Å²) in [6.45, 7) is 0.367. The Bertz CT molecular complexity index is 479. The van der Waals surface area contributed by atoms with E-state index in [0.29, 0.717) is 28.2 Å². The van der Waals surface area contributed by atoms with Gasteiger partial charge in [-0.15, -0.1) is 0 Å². The highest BCUT2D eigenvalue weighted by molar-refractivity contribution is 9.10.